The van der Waals surface area contributed by atoms with E-state index in [1.807, 2.05) is 18.5 Å². The highest BCUT2D eigenvalue weighted by molar-refractivity contribution is 6.31. The van der Waals surface area contributed by atoms with Gasteiger partial charge in [-0.3, -0.25) is 4.98 Å². The van der Waals surface area contributed by atoms with Gasteiger partial charge < -0.3 is 9.47 Å². The van der Waals surface area contributed by atoms with E-state index in [2.05, 4.69) is 72.7 Å². The van der Waals surface area contributed by atoms with E-state index in [4.69, 9.17) is 11.6 Å². The Kier molecular flexibility index (Phi) is 4.61. The molecule has 0 spiro atoms. The number of benzene rings is 1. The fraction of sp³-hybridized carbons (Fsp3) is 0.348. The zero-order valence-electron chi connectivity index (χ0n) is 16.5. The first-order valence-electron chi connectivity index (χ1n) is 9.47. The minimum Gasteiger partial charge on any atom is -0.320 e. The van der Waals surface area contributed by atoms with Crippen LogP contribution in [0.2, 0.25) is 5.02 Å². The van der Waals surface area contributed by atoms with Crippen molar-refractivity contribution in [3.05, 3.63) is 64.6 Å². The maximum Gasteiger partial charge on any atom is 0.0529 e. The predicted molar refractivity (Wildman–Crippen MR) is 115 cm³/mol. The van der Waals surface area contributed by atoms with Crippen molar-refractivity contribution in [3.63, 3.8) is 0 Å². The summed E-state index contributed by atoms with van der Waals surface area (Å²) in [5.41, 5.74) is 6.58. The van der Waals surface area contributed by atoms with Crippen molar-refractivity contribution in [2.75, 3.05) is 13.6 Å². The van der Waals surface area contributed by atoms with Gasteiger partial charge in [0.1, 0.15) is 0 Å². The number of rotatable bonds is 2. The van der Waals surface area contributed by atoms with Crippen molar-refractivity contribution in [2.45, 2.75) is 33.7 Å². The Labute approximate surface area is 166 Å². The summed E-state index contributed by atoms with van der Waals surface area (Å²) < 4.78 is 2.40. The summed E-state index contributed by atoms with van der Waals surface area (Å²) in [6.07, 6.45) is 7.11. The van der Waals surface area contributed by atoms with E-state index in [1.54, 1.807) is 0 Å². The monoisotopic (exact) mass is 379 g/mol. The highest BCUT2D eigenvalue weighted by Crippen LogP contribution is 2.38. The number of fused-ring (bicyclic) bond motifs is 3. The second kappa shape index (κ2) is 6.81. The Morgan fingerprint density at radius 3 is 2.59 bits per heavy atom. The van der Waals surface area contributed by atoms with Gasteiger partial charge in [0.25, 0.3) is 0 Å². The molecule has 4 heteroatoms. The number of nitrogens with zero attached hydrogens (tertiary/aromatic N) is 3. The first-order valence-corrected chi connectivity index (χ1v) is 9.85. The third-order valence-electron chi connectivity index (χ3n) is 5.40. The molecule has 3 aromatic rings. The van der Waals surface area contributed by atoms with Crippen molar-refractivity contribution in [3.8, 4) is 0 Å². The zero-order valence-corrected chi connectivity index (χ0v) is 17.2. The minimum atomic E-state index is 0.0166. The van der Waals surface area contributed by atoms with E-state index >= 15 is 0 Å². The lowest BCUT2D eigenvalue weighted by Crippen LogP contribution is -2.27. The number of allylic oxidation sites excluding steroid dienone is 1. The van der Waals surface area contributed by atoms with Crippen molar-refractivity contribution in [2.24, 2.45) is 5.41 Å². The third kappa shape index (κ3) is 3.42. The van der Waals surface area contributed by atoms with Crippen LogP contribution in [-0.4, -0.2) is 28.0 Å². The highest BCUT2D eigenvalue weighted by Gasteiger charge is 2.24. The van der Waals surface area contributed by atoms with Crippen LogP contribution < -0.4 is 0 Å². The Balaban J connectivity index is 1.99. The quantitative estimate of drug-likeness (QED) is 0.567. The van der Waals surface area contributed by atoms with E-state index in [9.17, 15) is 0 Å². The van der Waals surface area contributed by atoms with Crippen LogP contribution in [-0.2, 0) is 13.0 Å². The molecule has 0 fully saturated rings. The molecule has 0 saturated heterocycles. The van der Waals surface area contributed by atoms with Crippen molar-refractivity contribution in [1.29, 1.82) is 0 Å². The van der Waals surface area contributed by atoms with Gasteiger partial charge in [-0.2, -0.15) is 0 Å². The van der Waals surface area contributed by atoms with Crippen LogP contribution in [0.1, 0.15) is 37.6 Å². The van der Waals surface area contributed by atoms with Crippen LogP contribution in [0, 0.1) is 5.41 Å². The van der Waals surface area contributed by atoms with Gasteiger partial charge in [0, 0.05) is 54.2 Å². The molecule has 0 unspecified atom stereocenters. The number of halogens is 1. The van der Waals surface area contributed by atoms with E-state index in [0.29, 0.717) is 0 Å². The van der Waals surface area contributed by atoms with Crippen molar-refractivity contribution < 1.29 is 0 Å². The Morgan fingerprint density at radius 2 is 1.89 bits per heavy atom. The summed E-state index contributed by atoms with van der Waals surface area (Å²) in [6, 6.07) is 10.5. The maximum absolute atomic E-state index is 6.34. The van der Waals surface area contributed by atoms with Gasteiger partial charge in [-0.25, -0.2) is 0 Å². The molecule has 0 radical (unpaired) electrons. The number of aromatic nitrogens is 2. The standard InChI is InChI=1S/C23H26ClN3/c1-23(2,3)20(16-7-10-25-11-8-16)15-27-21-6-5-17(24)13-18(21)19-14-26(4)12-9-22(19)27/h5-8,10-11,13,15H,9,12,14H2,1-4H3. The number of hydrogen-bond donors (Lipinski definition) is 0. The molecule has 1 aliphatic rings. The second-order valence-corrected chi connectivity index (χ2v) is 8.91. The molecule has 3 heterocycles. The Hall–Kier alpha value is -2.10. The lowest BCUT2D eigenvalue weighted by molar-refractivity contribution is 0.312. The van der Waals surface area contributed by atoms with Crippen LogP contribution in [0.25, 0.3) is 22.7 Å². The molecule has 0 atom stereocenters. The highest BCUT2D eigenvalue weighted by atomic mass is 35.5. The maximum atomic E-state index is 6.34. The molecule has 27 heavy (non-hydrogen) atoms. The van der Waals surface area contributed by atoms with Crippen molar-refractivity contribution in [1.82, 2.24) is 14.5 Å². The summed E-state index contributed by atoms with van der Waals surface area (Å²) in [5, 5.41) is 2.06. The van der Waals surface area contributed by atoms with Gasteiger partial charge in [0.2, 0.25) is 0 Å². The van der Waals surface area contributed by atoms with Crippen LogP contribution >= 0.6 is 11.6 Å². The average Bonchev–Trinajstić information content (AvgIpc) is 2.91. The lowest BCUT2D eigenvalue weighted by atomic mass is 9.83. The second-order valence-electron chi connectivity index (χ2n) is 8.47. The van der Waals surface area contributed by atoms with E-state index in [1.165, 1.54) is 33.3 Å². The van der Waals surface area contributed by atoms with Gasteiger partial charge in [0.05, 0.1) is 5.52 Å². The molecule has 140 valence electrons. The molecule has 0 amide bonds. The van der Waals surface area contributed by atoms with Gasteiger partial charge in [0.15, 0.2) is 0 Å². The third-order valence-corrected chi connectivity index (χ3v) is 5.63. The predicted octanol–water partition coefficient (Wildman–Crippen LogP) is 5.72. The number of hydrogen-bond acceptors (Lipinski definition) is 2. The van der Waals surface area contributed by atoms with Crippen LogP contribution in [0.15, 0.2) is 42.7 Å². The molecule has 0 N–H and O–H groups in total. The van der Waals surface area contributed by atoms with Crippen LogP contribution in [0.3, 0.4) is 0 Å². The van der Waals surface area contributed by atoms with Crippen LogP contribution in [0.4, 0.5) is 0 Å². The molecule has 0 saturated carbocycles. The summed E-state index contributed by atoms with van der Waals surface area (Å²) >= 11 is 6.34. The van der Waals surface area contributed by atoms with Gasteiger partial charge >= 0.3 is 0 Å². The first-order chi connectivity index (χ1) is 12.8. The van der Waals surface area contributed by atoms with Crippen LogP contribution in [0.5, 0.6) is 0 Å². The fourth-order valence-corrected chi connectivity index (χ4v) is 4.18. The molecule has 1 aliphatic heterocycles. The molecule has 1 aromatic carbocycles. The van der Waals surface area contributed by atoms with Gasteiger partial charge in [-0.05, 0) is 59.5 Å². The summed E-state index contributed by atoms with van der Waals surface area (Å²) in [7, 11) is 2.18. The van der Waals surface area contributed by atoms with E-state index < -0.39 is 0 Å². The molecule has 2 aromatic heterocycles. The summed E-state index contributed by atoms with van der Waals surface area (Å²) in [6.45, 7) is 8.84. The molecule has 0 aliphatic carbocycles. The SMILES string of the molecule is CN1CCc2c(c3cc(Cl)ccc3n2C=C(c2ccncc2)C(C)(C)C)C1. The largest absolute Gasteiger partial charge is 0.320 e. The average molecular weight is 380 g/mol. The molecule has 4 rings (SSSR count). The molecular formula is C23H26ClN3. The normalized spacial score (nSPS) is 16.0. The number of pyridine rings is 1. The lowest BCUT2D eigenvalue weighted by Gasteiger charge is -2.26. The smallest absolute Gasteiger partial charge is 0.0529 e. The molecular weight excluding hydrogens is 354 g/mol. The Morgan fingerprint density at radius 1 is 1.15 bits per heavy atom. The van der Waals surface area contributed by atoms with Crippen molar-refractivity contribution >= 4 is 34.3 Å². The topological polar surface area (TPSA) is 21.1 Å². The summed E-state index contributed by atoms with van der Waals surface area (Å²) in [4.78, 5) is 6.57. The molecule has 3 nitrogen and oxygen atoms in total. The number of likely N-dealkylation sites (N-methyl/N-ethyl adjacent to an activating group) is 1. The summed E-state index contributed by atoms with van der Waals surface area (Å²) in [5.74, 6) is 0. The van der Waals surface area contributed by atoms with Gasteiger partial charge in [-0.15, -0.1) is 0 Å². The first kappa shape index (κ1) is 18.3. The van der Waals surface area contributed by atoms with E-state index in [-0.39, 0.29) is 5.41 Å². The minimum absolute atomic E-state index is 0.0166. The Bertz CT molecular complexity index is 1010. The fourth-order valence-electron chi connectivity index (χ4n) is 4.01. The van der Waals surface area contributed by atoms with E-state index in [0.717, 1.165) is 24.5 Å². The van der Waals surface area contributed by atoms with Gasteiger partial charge in [-0.1, -0.05) is 32.4 Å². The molecule has 0 bridgehead atoms. The zero-order chi connectivity index (χ0) is 19.2.